The van der Waals surface area contributed by atoms with Gasteiger partial charge in [-0.3, -0.25) is 4.79 Å². The molecule has 1 amide bonds. The highest BCUT2D eigenvalue weighted by Crippen LogP contribution is 2.31. The lowest BCUT2D eigenvalue weighted by Gasteiger charge is -2.07. The first-order valence-corrected chi connectivity index (χ1v) is 6.73. The van der Waals surface area contributed by atoms with Gasteiger partial charge in [0, 0.05) is 17.8 Å². The number of anilines is 1. The Morgan fingerprint density at radius 2 is 2.28 bits per heavy atom. The molecule has 4 heteroatoms. The average molecular weight is 247 g/mol. The van der Waals surface area contributed by atoms with E-state index >= 15 is 0 Å². The third kappa shape index (κ3) is 3.72. The molecule has 0 aromatic carbocycles. The maximum absolute atomic E-state index is 12.0. The Kier molecular flexibility index (Phi) is 4.18. The quantitative estimate of drug-likeness (QED) is 0.809. The zero-order chi connectivity index (χ0) is 13.0. The van der Waals surface area contributed by atoms with Crippen LogP contribution >= 0.6 is 0 Å². The smallest absolute Gasteiger partial charge is 0.251 e. The van der Waals surface area contributed by atoms with Crippen molar-refractivity contribution in [2.45, 2.75) is 39.0 Å². The molecule has 4 nitrogen and oxygen atoms in total. The van der Waals surface area contributed by atoms with Crippen molar-refractivity contribution in [3.8, 4) is 0 Å². The molecule has 1 aliphatic rings. The molecule has 0 spiro atoms. The Labute approximate surface area is 108 Å². The van der Waals surface area contributed by atoms with Crippen LogP contribution in [0.4, 0.5) is 5.82 Å². The summed E-state index contributed by atoms with van der Waals surface area (Å²) in [5.41, 5.74) is 7.24. The highest BCUT2D eigenvalue weighted by Gasteiger charge is 2.20. The lowest BCUT2D eigenvalue weighted by Crippen LogP contribution is -2.25. The number of carbonyl (C=O) groups is 1. The Balaban J connectivity index is 1.94. The average Bonchev–Trinajstić information content (AvgIpc) is 3.12. The predicted octanol–water partition coefficient (Wildman–Crippen LogP) is 2.15. The number of nitrogens with two attached hydrogens (primary N) is 1. The van der Waals surface area contributed by atoms with E-state index in [0.717, 1.165) is 37.4 Å². The van der Waals surface area contributed by atoms with Gasteiger partial charge in [-0.15, -0.1) is 0 Å². The molecule has 0 unspecified atom stereocenters. The minimum Gasteiger partial charge on any atom is -0.384 e. The Hall–Kier alpha value is -1.58. The van der Waals surface area contributed by atoms with E-state index in [1.807, 2.05) is 6.07 Å². The number of aryl methyl sites for hydroxylation is 1. The van der Waals surface area contributed by atoms with Gasteiger partial charge in [0.15, 0.2) is 0 Å². The van der Waals surface area contributed by atoms with Gasteiger partial charge in [0.2, 0.25) is 0 Å². The van der Waals surface area contributed by atoms with Gasteiger partial charge in [-0.05, 0) is 30.9 Å². The molecular weight excluding hydrogens is 226 g/mol. The SMILES string of the molecule is CCCc1cc(C(=O)NCCC2CC2)cc(N)n1. The van der Waals surface area contributed by atoms with Gasteiger partial charge in [0.1, 0.15) is 5.82 Å². The molecule has 0 aliphatic heterocycles. The normalized spacial score (nSPS) is 14.5. The maximum atomic E-state index is 12.0. The fraction of sp³-hybridized carbons (Fsp3) is 0.571. The number of nitrogen functional groups attached to an aromatic ring is 1. The van der Waals surface area contributed by atoms with Crippen LogP contribution in [0.5, 0.6) is 0 Å². The van der Waals surface area contributed by atoms with Crippen LogP contribution < -0.4 is 11.1 Å². The third-order valence-electron chi connectivity index (χ3n) is 3.20. The monoisotopic (exact) mass is 247 g/mol. The van der Waals surface area contributed by atoms with Crippen LogP contribution in [0.1, 0.15) is 48.7 Å². The Morgan fingerprint density at radius 1 is 1.50 bits per heavy atom. The van der Waals surface area contributed by atoms with Crippen LogP contribution in [0.3, 0.4) is 0 Å². The summed E-state index contributed by atoms with van der Waals surface area (Å²) < 4.78 is 0. The zero-order valence-electron chi connectivity index (χ0n) is 10.9. The summed E-state index contributed by atoms with van der Waals surface area (Å²) in [5.74, 6) is 1.22. The lowest BCUT2D eigenvalue weighted by molar-refractivity contribution is 0.0952. The van der Waals surface area contributed by atoms with Crippen LogP contribution in [-0.2, 0) is 6.42 Å². The van der Waals surface area contributed by atoms with Gasteiger partial charge >= 0.3 is 0 Å². The number of nitrogens with zero attached hydrogens (tertiary/aromatic N) is 1. The molecule has 0 atom stereocenters. The van der Waals surface area contributed by atoms with Crippen molar-refractivity contribution in [3.05, 3.63) is 23.4 Å². The van der Waals surface area contributed by atoms with E-state index in [0.29, 0.717) is 11.4 Å². The summed E-state index contributed by atoms with van der Waals surface area (Å²) in [5, 5.41) is 2.94. The van der Waals surface area contributed by atoms with Crippen molar-refractivity contribution in [2.75, 3.05) is 12.3 Å². The molecule has 1 aromatic rings. The second-order valence-corrected chi connectivity index (χ2v) is 5.01. The highest BCUT2D eigenvalue weighted by molar-refractivity contribution is 5.94. The van der Waals surface area contributed by atoms with Crippen molar-refractivity contribution >= 4 is 11.7 Å². The van der Waals surface area contributed by atoms with Crippen molar-refractivity contribution in [1.82, 2.24) is 10.3 Å². The topological polar surface area (TPSA) is 68.0 Å². The van der Waals surface area contributed by atoms with E-state index < -0.39 is 0 Å². The van der Waals surface area contributed by atoms with Gasteiger partial charge in [-0.1, -0.05) is 26.2 Å². The first-order valence-electron chi connectivity index (χ1n) is 6.73. The molecule has 1 saturated carbocycles. The van der Waals surface area contributed by atoms with E-state index in [9.17, 15) is 4.79 Å². The number of aromatic nitrogens is 1. The summed E-state index contributed by atoms with van der Waals surface area (Å²) in [6.07, 6.45) is 5.58. The molecular formula is C14H21N3O. The summed E-state index contributed by atoms with van der Waals surface area (Å²) in [6, 6.07) is 3.48. The van der Waals surface area contributed by atoms with Crippen molar-refractivity contribution in [3.63, 3.8) is 0 Å². The first kappa shape index (κ1) is 12.9. The molecule has 1 aromatic heterocycles. The number of pyridine rings is 1. The number of nitrogens with one attached hydrogen (secondary N) is 1. The number of hydrogen-bond donors (Lipinski definition) is 2. The molecule has 1 heterocycles. The van der Waals surface area contributed by atoms with Gasteiger partial charge in [0.25, 0.3) is 5.91 Å². The van der Waals surface area contributed by atoms with Crippen molar-refractivity contribution in [2.24, 2.45) is 5.92 Å². The van der Waals surface area contributed by atoms with Crippen LogP contribution in [0.25, 0.3) is 0 Å². The van der Waals surface area contributed by atoms with Gasteiger partial charge in [-0.2, -0.15) is 0 Å². The van der Waals surface area contributed by atoms with Gasteiger partial charge < -0.3 is 11.1 Å². The Bertz CT molecular complexity index is 427. The summed E-state index contributed by atoms with van der Waals surface area (Å²) in [7, 11) is 0. The zero-order valence-corrected chi connectivity index (χ0v) is 10.9. The van der Waals surface area contributed by atoms with E-state index in [4.69, 9.17) is 5.73 Å². The molecule has 0 radical (unpaired) electrons. The molecule has 0 saturated heterocycles. The van der Waals surface area contributed by atoms with Crippen LogP contribution in [0, 0.1) is 5.92 Å². The molecule has 0 bridgehead atoms. The molecule has 3 N–H and O–H groups in total. The van der Waals surface area contributed by atoms with E-state index in [1.54, 1.807) is 6.07 Å². The van der Waals surface area contributed by atoms with Crippen LogP contribution in [0.2, 0.25) is 0 Å². The lowest BCUT2D eigenvalue weighted by atomic mass is 10.1. The summed E-state index contributed by atoms with van der Waals surface area (Å²) in [6.45, 7) is 2.84. The second-order valence-electron chi connectivity index (χ2n) is 5.01. The molecule has 1 fully saturated rings. The molecule has 98 valence electrons. The van der Waals surface area contributed by atoms with Crippen LogP contribution in [0.15, 0.2) is 12.1 Å². The fourth-order valence-corrected chi connectivity index (χ4v) is 2.02. The molecule has 18 heavy (non-hydrogen) atoms. The highest BCUT2D eigenvalue weighted by atomic mass is 16.1. The second kappa shape index (κ2) is 5.85. The molecule has 2 rings (SSSR count). The van der Waals surface area contributed by atoms with Crippen molar-refractivity contribution < 1.29 is 4.79 Å². The minimum absolute atomic E-state index is 0.0397. The van der Waals surface area contributed by atoms with E-state index in [2.05, 4.69) is 17.2 Å². The number of hydrogen-bond acceptors (Lipinski definition) is 3. The third-order valence-corrected chi connectivity index (χ3v) is 3.20. The predicted molar refractivity (Wildman–Crippen MR) is 72.3 cm³/mol. The minimum atomic E-state index is -0.0397. The number of carbonyl (C=O) groups excluding carboxylic acids is 1. The first-order chi connectivity index (χ1) is 8.69. The van der Waals surface area contributed by atoms with E-state index in [-0.39, 0.29) is 5.91 Å². The van der Waals surface area contributed by atoms with Gasteiger partial charge in [0.05, 0.1) is 0 Å². The Morgan fingerprint density at radius 3 is 2.94 bits per heavy atom. The van der Waals surface area contributed by atoms with Crippen LogP contribution in [-0.4, -0.2) is 17.4 Å². The number of amides is 1. The fourth-order valence-electron chi connectivity index (χ4n) is 2.02. The maximum Gasteiger partial charge on any atom is 0.251 e. The standard InChI is InChI=1S/C14H21N3O/c1-2-3-12-8-11(9-13(15)17-12)14(18)16-7-6-10-4-5-10/h8-10H,2-7H2,1H3,(H2,15,17)(H,16,18). The largest absolute Gasteiger partial charge is 0.384 e. The van der Waals surface area contributed by atoms with Gasteiger partial charge in [-0.25, -0.2) is 4.98 Å². The van der Waals surface area contributed by atoms with Crippen molar-refractivity contribution in [1.29, 1.82) is 0 Å². The number of rotatable bonds is 6. The molecule has 1 aliphatic carbocycles. The summed E-state index contributed by atoms with van der Waals surface area (Å²) in [4.78, 5) is 16.2. The van der Waals surface area contributed by atoms with E-state index in [1.165, 1.54) is 12.8 Å². The summed E-state index contributed by atoms with van der Waals surface area (Å²) >= 11 is 0.